The summed E-state index contributed by atoms with van der Waals surface area (Å²) < 4.78 is 15.4. The van der Waals surface area contributed by atoms with E-state index in [0.29, 0.717) is 6.42 Å². The fourth-order valence-corrected chi connectivity index (χ4v) is 3.26. The van der Waals surface area contributed by atoms with E-state index in [4.69, 9.17) is 19.3 Å². The van der Waals surface area contributed by atoms with E-state index in [1.807, 2.05) is 0 Å². The molecule has 1 saturated heterocycles. The molecular weight excluding hydrogens is 444 g/mol. The van der Waals surface area contributed by atoms with Gasteiger partial charge in [-0.1, -0.05) is 49.8 Å². The lowest BCUT2D eigenvalue weighted by Gasteiger charge is -2.39. The first-order valence-corrected chi connectivity index (χ1v) is 12.1. The molecule has 196 valence electrons. The number of allylic oxidation sites excluding steroid dienone is 6. The zero-order chi connectivity index (χ0) is 25.2. The average Bonchev–Trinajstić information content (AvgIpc) is 2.83. The summed E-state index contributed by atoms with van der Waals surface area (Å²) in [7, 11) is 0. The second-order valence-electron chi connectivity index (χ2n) is 8.26. The third kappa shape index (κ3) is 12.8. The summed E-state index contributed by atoms with van der Waals surface area (Å²) >= 11 is 0. The number of carbonyl (C=O) groups excluding carboxylic acids is 1. The number of rotatable bonds is 17. The quantitative estimate of drug-likeness (QED) is 0.117. The van der Waals surface area contributed by atoms with Crippen molar-refractivity contribution in [1.82, 2.24) is 0 Å². The Morgan fingerprint density at radius 3 is 2.26 bits per heavy atom. The minimum atomic E-state index is -1.56. The number of hydrogen-bond acceptors (Lipinski definition) is 9. The number of esters is 1. The lowest BCUT2D eigenvalue weighted by atomic mass is 9.99. The van der Waals surface area contributed by atoms with Crippen LogP contribution in [0.1, 0.15) is 58.3 Å². The van der Waals surface area contributed by atoms with E-state index in [1.54, 1.807) is 0 Å². The highest BCUT2D eigenvalue weighted by Crippen LogP contribution is 2.22. The van der Waals surface area contributed by atoms with Gasteiger partial charge in [-0.05, 0) is 38.5 Å². The predicted molar refractivity (Wildman–Crippen MR) is 127 cm³/mol. The second-order valence-corrected chi connectivity index (χ2v) is 8.26. The van der Waals surface area contributed by atoms with Crippen molar-refractivity contribution >= 4 is 5.97 Å². The first kappa shape index (κ1) is 30.4. The van der Waals surface area contributed by atoms with Crippen LogP contribution in [0.25, 0.3) is 0 Å². The molecule has 0 aromatic carbocycles. The Labute approximate surface area is 202 Å². The van der Waals surface area contributed by atoms with Crippen LogP contribution in [-0.4, -0.2) is 88.1 Å². The van der Waals surface area contributed by atoms with Gasteiger partial charge in [0.05, 0.1) is 13.2 Å². The van der Waals surface area contributed by atoms with Gasteiger partial charge in [0.15, 0.2) is 6.29 Å². The van der Waals surface area contributed by atoms with Crippen LogP contribution in [0, 0.1) is 0 Å². The molecule has 0 aliphatic carbocycles. The van der Waals surface area contributed by atoms with Crippen LogP contribution in [0.2, 0.25) is 0 Å². The van der Waals surface area contributed by atoms with E-state index in [0.717, 1.165) is 38.5 Å². The Bertz CT molecular complexity index is 618. The van der Waals surface area contributed by atoms with Crippen LogP contribution in [0.15, 0.2) is 36.5 Å². The van der Waals surface area contributed by atoms with E-state index in [1.165, 1.54) is 0 Å². The molecule has 0 bridgehead atoms. The van der Waals surface area contributed by atoms with Gasteiger partial charge in [-0.2, -0.15) is 0 Å². The molecule has 6 atom stereocenters. The predicted octanol–water partition coefficient (Wildman–Crippen LogP) is 1.52. The highest BCUT2D eigenvalue weighted by molar-refractivity contribution is 5.69. The molecule has 1 aliphatic heterocycles. The molecule has 0 radical (unpaired) electrons. The molecule has 0 aromatic rings. The highest BCUT2D eigenvalue weighted by Gasteiger charge is 2.44. The van der Waals surface area contributed by atoms with Gasteiger partial charge >= 0.3 is 5.97 Å². The van der Waals surface area contributed by atoms with E-state index >= 15 is 0 Å². The normalized spacial score (nSPS) is 26.6. The van der Waals surface area contributed by atoms with Crippen molar-refractivity contribution in [2.45, 2.75) is 95.1 Å². The Kier molecular flexibility index (Phi) is 16.7. The molecule has 0 aromatic heterocycles. The van der Waals surface area contributed by atoms with Crippen molar-refractivity contribution in [2.24, 2.45) is 0 Å². The Hall–Kier alpha value is -1.59. The third-order valence-corrected chi connectivity index (χ3v) is 5.27. The van der Waals surface area contributed by atoms with Crippen molar-refractivity contribution in [3.05, 3.63) is 36.5 Å². The molecular formula is C25H42O9. The Morgan fingerprint density at radius 2 is 1.59 bits per heavy atom. The van der Waals surface area contributed by atoms with Crippen LogP contribution < -0.4 is 0 Å². The fraction of sp³-hybridized carbons (Fsp3) is 0.720. The van der Waals surface area contributed by atoms with E-state index in [9.17, 15) is 25.2 Å². The summed E-state index contributed by atoms with van der Waals surface area (Å²) in [5.74, 6) is -0.412. The second kappa shape index (κ2) is 18.7. The smallest absolute Gasteiger partial charge is 0.305 e. The minimum Gasteiger partial charge on any atom is -0.463 e. The average molecular weight is 487 g/mol. The van der Waals surface area contributed by atoms with Crippen molar-refractivity contribution in [3.8, 4) is 0 Å². The largest absolute Gasteiger partial charge is 0.463 e. The number of aliphatic hydroxyl groups excluding tert-OH is 5. The molecule has 1 aliphatic rings. The fourth-order valence-electron chi connectivity index (χ4n) is 3.26. The van der Waals surface area contributed by atoms with Gasteiger partial charge in [0.1, 0.15) is 37.1 Å². The van der Waals surface area contributed by atoms with Gasteiger partial charge in [0, 0.05) is 6.42 Å². The van der Waals surface area contributed by atoms with Crippen LogP contribution >= 0.6 is 0 Å². The van der Waals surface area contributed by atoms with Crippen LogP contribution in [0.3, 0.4) is 0 Å². The van der Waals surface area contributed by atoms with E-state index < -0.39 is 49.4 Å². The van der Waals surface area contributed by atoms with E-state index in [-0.39, 0.29) is 19.6 Å². The van der Waals surface area contributed by atoms with Crippen LogP contribution in [-0.2, 0) is 19.0 Å². The van der Waals surface area contributed by atoms with Crippen molar-refractivity contribution < 1.29 is 44.5 Å². The van der Waals surface area contributed by atoms with Crippen molar-refractivity contribution in [3.63, 3.8) is 0 Å². The standard InChI is InChI=1S/C25H42O9/c1-2-3-4-5-6-7-8-9-10-11-12-13-14-15-21(28)32-17-19(27)18-33-25-24(31)23(30)22(29)20(16-26)34-25/h3-4,6-7,9-10,19-20,22-27,29-31H,2,5,8,11-18H2,1H3/b4-3-,7-6-,10-9-/t19-,20-,22+,23+,24-,25-/m1/s1. The number of aliphatic hydroxyl groups is 5. The minimum absolute atomic E-state index is 0.262. The maximum atomic E-state index is 11.8. The maximum absolute atomic E-state index is 11.8. The van der Waals surface area contributed by atoms with Gasteiger partial charge in [0.25, 0.3) is 0 Å². The molecule has 1 heterocycles. The Morgan fingerprint density at radius 1 is 0.912 bits per heavy atom. The van der Waals surface area contributed by atoms with Gasteiger partial charge in [0.2, 0.25) is 0 Å². The topological polar surface area (TPSA) is 146 Å². The van der Waals surface area contributed by atoms with Gasteiger partial charge in [-0.15, -0.1) is 0 Å². The Balaban J connectivity index is 2.07. The zero-order valence-corrected chi connectivity index (χ0v) is 20.1. The molecule has 1 rings (SSSR count). The van der Waals surface area contributed by atoms with Gasteiger partial charge in [-0.3, -0.25) is 4.79 Å². The molecule has 5 N–H and O–H groups in total. The van der Waals surface area contributed by atoms with Crippen LogP contribution in [0.4, 0.5) is 0 Å². The lowest BCUT2D eigenvalue weighted by Crippen LogP contribution is -2.59. The first-order valence-electron chi connectivity index (χ1n) is 12.1. The number of carbonyl (C=O) groups is 1. The summed E-state index contributed by atoms with van der Waals surface area (Å²) in [6.45, 7) is 0.940. The summed E-state index contributed by atoms with van der Waals surface area (Å²) in [4.78, 5) is 11.8. The van der Waals surface area contributed by atoms with E-state index in [2.05, 4.69) is 43.4 Å². The molecule has 9 nitrogen and oxygen atoms in total. The number of hydrogen-bond donors (Lipinski definition) is 5. The van der Waals surface area contributed by atoms with Gasteiger partial charge < -0.3 is 39.7 Å². The third-order valence-electron chi connectivity index (χ3n) is 5.27. The SMILES string of the molecule is CC/C=C\C/C=C\C/C=C\CCCCCC(=O)OC[C@@H](O)CO[C@@H]1O[C@H](CO)[C@H](O)[C@H](O)[C@H]1O. The molecule has 0 amide bonds. The number of unbranched alkanes of at least 4 members (excludes halogenated alkanes) is 3. The molecule has 0 unspecified atom stereocenters. The summed E-state index contributed by atoms with van der Waals surface area (Å²) in [6.07, 6.45) is 11.5. The van der Waals surface area contributed by atoms with Crippen molar-refractivity contribution in [2.75, 3.05) is 19.8 Å². The lowest BCUT2D eigenvalue weighted by molar-refractivity contribution is -0.305. The van der Waals surface area contributed by atoms with Crippen LogP contribution in [0.5, 0.6) is 0 Å². The van der Waals surface area contributed by atoms with Crippen molar-refractivity contribution in [1.29, 1.82) is 0 Å². The maximum Gasteiger partial charge on any atom is 0.305 e. The number of ether oxygens (including phenoxy) is 3. The first-order chi connectivity index (χ1) is 16.4. The monoisotopic (exact) mass is 486 g/mol. The molecule has 34 heavy (non-hydrogen) atoms. The molecule has 9 heteroatoms. The zero-order valence-electron chi connectivity index (χ0n) is 20.1. The van der Waals surface area contributed by atoms with Gasteiger partial charge in [-0.25, -0.2) is 0 Å². The molecule has 1 fully saturated rings. The molecule has 0 spiro atoms. The molecule has 0 saturated carbocycles. The summed E-state index contributed by atoms with van der Waals surface area (Å²) in [5.41, 5.74) is 0. The highest BCUT2D eigenvalue weighted by atomic mass is 16.7. The summed E-state index contributed by atoms with van der Waals surface area (Å²) in [5, 5.41) is 48.4. The summed E-state index contributed by atoms with van der Waals surface area (Å²) in [6, 6.07) is 0.